The minimum absolute atomic E-state index is 0.0632. The van der Waals surface area contributed by atoms with Gasteiger partial charge in [-0.3, -0.25) is 0 Å². The summed E-state index contributed by atoms with van der Waals surface area (Å²) in [6.45, 7) is 2.21. The van der Waals surface area contributed by atoms with Crippen LogP contribution in [0.5, 0.6) is 23.0 Å². The summed E-state index contributed by atoms with van der Waals surface area (Å²) in [4.78, 5) is 0. The SMILES string of the molecule is Cc1ccccc1-c1ccc2c(c1)Oc1cccc3c1B2c1cccc(-c2ccccc2)c1O3. The van der Waals surface area contributed by atoms with Crippen LogP contribution in [0.4, 0.5) is 0 Å². The number of hydrogen-bond donors (Lipinski definition) is 0. The van der Waals surface area contributed by atoms with Gasteiger partial charge in [0, 0.05) is 11.0 Å². The second-order valence-corrected chi connectivity index (χ2v) is 8.96. The summed E-state index contributed by atoms with van der Waals surface area (Å²) in [5, 5.41) is 0. The van der Waals surface area contributed by atoms with Crippen molar-refractivity contribution >= 4 is 23.1 Å². The van der Waals surface area contributed by atoms with E-state index in [-0.39, 0.29) is 6.71 Å². The van der Waals surface area contributed by atoms with Crippen LogP contribution in [-0.2, 0) is 0 Å². The fraction of sp³-hybridized carbons (Fsp3) is 0.0323. The molecule has 0 spiro atoms. The average Bonchev–Trinajstić information content (AvgIpc) is 2.89. The van der Waals surface area contributed by atoms with E-state index in [4.69, 9.17) is 9.47 Å². The standard InChI is InChI=1S/C31H21BO2/c1-20-9-5-6-12-23(20)22-17-18-25-29(19-22)33-27-15-8-16-28-30(27)32(25)26-14-7-13-24(31(26)34-28)21-10-3-2-4-11-21/h2-19H,1H3. The molecule has 2 nitrogen and oxygen atoms in total. The zero-order valence-electron chi connectivity index (χ0n) is 18.8. The van der Waals surface area contributed by atoms with E-state index in [2.05, 4.69) is 91.9 Å². The molecule has 5 aromatic rings. The van der Waals surface area contributed by atoms with Gasteiger partial charge in [-0.25, -0.2) is 0 Å². The maximum absolute atomic E-state index is 6.55. The fourth-order valence-electron chi connectivity index (χ4n) is 5.36. The number of rotatable bonds is 2. The predicted molar refractivity (Wildman–Crippen MR) is 140 cm³/mol. The van der Waals surface area contributed by atoms with Crippen molar-refractivity contribution in [3.63, 3.8) is 0 Å². The van der Waals surface area contributed by atoms with Crippen LogP contribution < -0.4 is 25.9 Å². The lowest BCUT2D eigenvalue weighted by Crippen LogP contribution is -2.57. The summed E-state index contributed by atoms with van der Waals surface area (Å²) in [6.07, 6.45) is 0. The Hall–Kier alpha value is -4.24. The summed E-state index contributed by atoms with van der Waals surface area (Å²) in [5.41, 5.74) is 9.37. The fourth-order valence-corrected chi connectivity index (χ4v) is 5.36. The summed E-state index contributed by atoms with van der Waals surface area (Å²) in [5.74, 6) is 3.58. The van der Waals surface area contributed by atoms with E-state index in [1.54, 1.807) is 0 Å². The zero-order chi connectivity index (χ0) is 22.6. The van der Waals surface area contributed by atoms with Gasteiger partial charge < -0.3 is 9.47 Å². The van der Waals surface area contributed by atoms with Gasteiger partial charge in [0.1, 0.15) is 23.0 Å². The van der Waals surface area contributed by atoms with E-state index < -0.39 is 0 Å². The molecular weight excluding hydrogens is 415 g/mol. The average molecular weight is 436 g/mol. The summed E-state index contributed by atoms with van der Waals surface area (Å²) in [7, 11) is 0. The minimum Gasteiger partial charge on any atom is -0.458 e. The molecule has 3 heteroatoms. The van der Waals surface area contributed by atoms with Crippen molar-refractivity contribution in [1.29, 1.82) is 0 Å². The summed E-state index contributed by atoms with van der Waals surface area (Å²) in [6, 6.07) is 38.1. The van der Waals surface area contributed by atoms with Gasteiger partial charge >= 0.3 is 0 Å². The lowest BCUT2D eigenvalue weighted by atomic mass is 9.34. The molecule has 160 valence electrons. The molecule has 0 saturated heterocycles. The Morgan fingerprint density at radius 3 is 2.12 bits per heavy atom. The number of benzene rings is 5. The smallest absolute Gasteiger partial charge is 0.260 e. The van der Waals surface area contributed by atoms with Gasteiger partial charge in [-0.05, 0) is 58.3 Å². The molecule has 0 amide bonds. The first-order chi connectivity index (χ1) is 16.8. The highest BCUT2D eigenvalue weighted by molar-refractivity contribution is 6.98. The molecule has 0 unspecified atom stereocenters. The molecule has 0 bridgehead atoms. The Morgan fingerprint density at radius 1 is 0.529 bits per heavy atom. The third-order valence-corrected chi connectivity index (χ3v) is 6.97. The van der Waals surface area contributed by atoms with E-state index >= 15 is 0 Å². The maximum atomic E-state index is 6.55. The number of hydrogen-bond acceptors (Lipinski definition) is 2. The van der Waals surface area contributed by atoms with Crippen LogP contribution in [0.25, 0.3) is 22.3 Å². The van der Waals surface area contributed by atoms with Crippen molar-refractivity contribution < 1.29 is 9.47 Å². The molecule has 0 aliphatic carbocycles. The van der Waals surface area contributed by atoms with Gasteiger partial charge in [0.15, 0.2) is 0 Å². The lowest BCUT2D eigenvalue weighted by Gasteiger charge is -2.33. The van der Waals surface area contributed by atoms with Crippen molar-refractivity contribution in [2.45, 2.75) is 6.92 Å². The molecular formula is C31H21BO2. The highest BCUT2D eigenvalue weighted by Gasteiger charge is 2.40. The third-order valence-electron chi connectivity index (χ3n) is 6.97. The van der Waals surface area contributed by atoms with Crippen molar-refractivity contribution in [2.24, 2.45) is 0 Å². The first-order valence-corrected chi connectivity index (χ1v) is 11.6. The van der Waals surface area contributed by atoms with Crippen molar-refractivity contribution in [3.8, 4) is 45.3 Å². The maximum Gasteiger partial charge on any atom is 0.260 e. The third kappa shape index (κ3) is 2.83. The molecule has 34 heavy (non-hydrogen) atoms. The molecule has 0 saturated carbocycles. The van der Waals surface area contributed by atoms with Gasteiger partial charge in [0.2, 0.25) is 0 Å². The van der Waals surface area contributed by atoms with Crippen molar-refractivity contribution in [2.75, 3.05) is 0 Å². The zero-order valence-corrected chi connectivity index (χ0v) is 18.8. The molecule has 0 radical (unpaired) electrons. The van der Waals surface area contributed by atoms with Crippen LogP contribution in [0.3, 0.4) is 0 Å². The molecule has 0 aromatic heterocycles. The Morgan fingerprint density at radius 2 is 1.26 bits per heavy atom. The predicted octanol–water partition coefficient (Wildman–Crippen LogP) is 6.06. The van der Waals surface area contributed by atoms with E-state index in [9.17, 15) is 0 Å². The van der Waals surface area contributed by atoms with Gasteiger partial charge in [-0.2, -0.15) is 0 Å². The van der Waals surface area contributed by atoms with Crippen LogP contribution in [0.15, 0.2) is 109 Å². The Balaban J connectivity index is 1.45. The minimum atomic E-state index is 0.0632. The molecule has 0 N–H and O–H groups in total. The van der Waals surface area contributed by atoms with Crippen molar-refractivity contribution in [3.05, 3.63) is 115 Å². The Bertz CT molecular complexity index is 1570. The van der Waals surface area contributed by atoms with Crippen LogP contribution in [-0.4, -0.2) is 6.71 Å². The number of ether oxygens (including phenoxy) is 2. The van der Waals surface area contributed by atoms with Gasteiger partial charge in [-0.1, -0.05) is 91.0 Å². The Kier molecular flexibility index (Phi) is 4.19. The molecule has 2 aliphatic rings. The van der Waals surface area contributed by atoms with Crippen LogP contribution in [0.2, 0.25) is 0 Å². The normalized spacial score (nSPS) is 12.7. The van der Waals surface area contributed by atoms with E-state index in [0.717, 1.165) is 39.6 Å². The largest absolute Gasteiger partial charge is 0.458 e. The monoisotopic (exact) mass is 436 g/mol. The Labute approximate surface area is 199 Å². The van der Waals surface area contributed by atoms with E-state index in [1.165, 1.54) is 27.6 Å². The van der Waals surface area contributed by atoms with E-state index in [0.29, 0.717) is 0 Å². The van der Waals surface area contributed by atoms with Gasteiger partial charge in [-0.15, -0.1) is 0 Å². The second kappa shape index (κ2) is 7.39. The van der Waals surface area contributed by atoms with Crippen LogP contribution in [0.1, 0.15) is 5.56 Å². The molecule has 0 atom stereocenters. The van der Waals surface area contributed by atoms with Crippen LogP contribution in [0, 0.1) is 6.92 Å². The topological polar surface area (TPSA) is 18.5 Å². The lowest BCUT2D eigenvalue weighted by molar-refractivity contribution is 0.465. The van der Waals surface area contributed by atoms with Crippen molar-refractivity contribution in [1.82, 2.24) is 0 Å². The first-order valence-electron chi connectivity index (χ1n) is 11.6. The molecule has 2 heterocycles. The molecule has 5 aromatic carbocycles. The van der Waals surface area contributed by atoms with Crippen LogP contribution >= 0.6 is 0 Å². The number of fused-ring (bicyclic) bond motifs is 4. The van der Waals surface area contributed by atoms with Gasteiger partial charge in [0.05, 0.1) is 0 Å². The highest BCUT2D eigenvalue weighted by Crippen LogP contribution is 2.39. The molecule has 7 rings (SSSR count). The number of aryl methyl sites for hydroxylation is 1. The van der Waals surface area contributed by atoms with Gasteiger partial charge in [0.25, 0.3) is 6.71 Å². The second-order valence-electron chi connectivity index (χ2n) is 8.96. The summed E-state index contributed by atoms with van der Waals surface area (Å²) >= 11 is 0. The number of para-hydroxylation sites is 1. The summed E-state index contributed by atoms with van der Waals surface area (Å²) < 4.78 is 13.0. The quantitative estimate of drug-likeness (QED) is 0.307. The molecule has 0 fully saturated rings. The van der Waals surface area contributed by atoms with E-state index in [1.807, 2.05) is 24.3 Å². The first kappa shape index (κ1) is 19.3. The molecule has 2 aliphatic heterocycles. The highest BCUT2D eigenvalue weighted by atomic mass is 16.5.